The van der Waals surface area contributed by atoms with Gasteiger partial charge in [0, 0.05) is 56.2 Å². The van der Waals surface area contributed by atoms with Crippen molar-refractivity contribution in [3.63, 3.8) is 0 Å². The summed E-state index contributed by atoms with van der Waals surface area (Å²) < 4.78 is 5.13. The van der Waals surface area contributed by atoms with Crippen LogP contribution in [0, 0.1) is 6.92 Å². The van der Waals surface area contributed by atoms with Crippen LogP contribution in [0.2, 0.25) is 0 Å². The molecule has 0 unspecified atom stereocenters. The van der Waals surface area contributed by atoms with Gasteiger partial charge in [-0.15, -0.1) is 10.2 Å². The molecule has 4 heterocycles. The molecule has 25 heavy (non-hydrogen) atoms. The molecule has 1 saturated heterocycles. The predicted octanol–water partition coefficient (Wildman–Crippen LogP) is 2.16. The minimum Gasteiger partial charge on any atom is -0.361 e. The van der Waals surface area contributed by atoms with Crippen LogP contribution >= 0.6 is 0 Å². The molecular formula is C18H20N6O. The smallest absolute Gasteiger partial charge is 0.151 e. The van der Waals surface area contributed by atoms with Crippen LogP contribution in [0.5, 0.6) is 0 Å². The Kier molecular flexibility index (Phi) is 4.39. The highest BCUT2D eigenvalue weighted by atomic mass is 16.5. The van der Waals surface area contributed by atoms with Crippen molar-refractivity contribution < 1.29 is 4.52 Å². The van der Waals surface area contributed by atoms with E-state index in [1.807, 2.05) is 37.4 Å². The number of aromatic nitrogens is 4. The Hall–Kier alpha value is -2.80. The van der Waals surface area contributed by atoms with Crippen molar-refractivity contribution in [1.29, 1.82) is 0 Å². The summed E-state index contributed by atoms with van der Waals surface area (Å²) in [7, 11) is 0. The van der Waals surface area contributed by atoms with Crippen LogP contribution in [0.1, 0.15) is 11.3 Å². The van der Waals surface area contributed by atoms with Gasteiger partial charge in [0.1, 0.15) is 5.76 Å². The van der Waals surface area contributed by atoms with E-state index in [4.69, 9.17) is 4.52 Å². The van der Waals surface area contributed by atoms with Crippen LogP contribution in [0.25, 0.3) is 11.3 Å². The zero-order chi connectivity index (χ0) is 17.1. The Morgan fingerprint density at radius 3 is 2.44 bits per heavy atom. The maximum absolute atomic E-state index is 5.13. The summed E-state index contributed by atoms with van der Waals surface area (Å²) in [6.07, 6.45) is 5.34. The molecule has 0 aromatic carbocycles. The molecule has 1 aliphatic rings. The average Bonchev–Trinajstić information content (AvgIpc) is 3.08. The lowest BCUT2D eigenvalue weighted by molar-refractivity contribution is 0.247. The van der Waals surface area contributed by atoms with E-state index in [1.54, 1.807) is 12.4 Å². The van der Waals surface area contributed by atoms with Gasteiger partial charge in [-0.2, -0.15) is 0 Å². The van der Waals surface area contributed by atoms with E-state index < -0.39 is 0 Å². The molecule has 0 bridgehead atoms. The van der Waals surface area contributed by atoms with Crippen LogP contribution in [0.15, 0.2) is 47.4 Å². The number of aryl methyl sites for hydroxylation is 1. The van der Waals surface area contributed by atoms with E-state index in [0.717, 1.165) is 61.1 Å². The van der Waals surface area contributed by atoms with Gasteiger partial charge < -0.3 is 9.42 Å². The third-order valence-corrected chi connectivity index (χ3v) is 4.57. The first kappa shape index (κ1) is 15.7. The second-order valence-electron chi connectivity index (χ2n) is 6.18. The highest BCUT2D eigenvalue weighted by Crippen LogP contribution is 2.19. The fourth-order valence-corrected chi connectivity index (χ4v) is 3.02. The van der Waals surface area contributed by atoms with Crippen LogP contribution in [-0.2, 0) is 6.54 Å². The summed E-state index contributed by atoms with van der Waals surface area (Å²) in [5.74, 6) is 1.83. The SMILES string of the molecule is Cc1oncc1CN1CCN(c2ccc(-c3ccncc3)nn2)CC1. The molecule has 3 aromatic heterocycles. The standard InChI is InChI=1S/C18H20N6O/c1-14-16(12-20-25-14)13-23-8-10-24(11-9-23)18-3-2-17(21-22-18)15-4-6-19-7-5-15/h2-7,12H,8-11,13H2,1H3. The summed E-state index contributed by atoms with van der Waals surface area (Å²) in [5.41, 5.74) is 3.06. The van der Waals surface area contributed by atoms with Crippen molar-refractivity contribution >= 4 is 5.82 Å². The number of piperazine rings is 1. The fourth-order valence-electron chi connectivity index (χ4n) is 3.02. The Morgan fingerprint density at radius 1 is 1.00 bits per heavy atom. The number of hydrogen-bond acceptors (Lipinski definition) is 7. The Bertz CT molecular complexity index is 809. The van der Waals surface area contributed by atoms with E-state index >= 15 is 0 Å². The maximum atomic E-state index is 5.13. The van der Waals surface area contributed by atoms with E-state index in [-0.39, 0.29) is 0 Å². The quantitative estimate of drug-likeness (QED) is 0.723. The third-order valence-electron chi connectivity index (χ3n) is 4.57. The Morgan fingerprint density at radius 2 is 1.80 bits per heavy atom. The fraction of sp³-hybridized carbons (Fsp3) is 0.333. The molecule has 3 aromatic rings. The molecule has 0 aliphatic carbocycles. The van der Waals surface area contributed by atoms with Gasteiger partial charge in [-0.05, 0) is 31.2 Å². The van der Waals surface area contributed by atoms with E-state index in [9.17, 15) is 0 Å². The summed E-state index contributed by atoms with van der Waals surface area (Å²) in [5, 5.41) is 12.6. The summed E-state index contributed by atoms with van der Waals surface area (Å²) >= 11 is 0. The van der Waals surface area contributed by atoms with Crippen molar-refractivity contribution in [1.82, 2.24) is 25.2 Å². The minimum atomic E-state index is 0.868. The lowest BCUT2D eigenvalue weighted by atomic mass is 10.2. The van der Waals surface area contributed by atoms with Gasteiger partial charge in [-0.25, -0.2) is 0 Å². The number of hydrogen-bond donors (Lipinski definition) is 0. The molecule has 1 fully saturated rings. The average molecular weight is 336 g/mol. The lowest BCUT2D eigenvalue weighted by Crippen LogP contribution is -2.46. The monoisotopic (exact) mass is 336 g/mol. The topological polar surface area (TPSA) is 71.2 Å². The van der Waals surface area contributed by atoms with Crippen LogP contribution in [-0.4, -0.2) is 51.4 Å². The van der Waals surface area contributed by atoms with Gasteiger partial charge in [0.2, 0.25) is 0 Å². The van der Waals surface area contributed by atoms with Crippen molar-refractivity contribution in [2.45, 2.75) is 13.5 Å². The molecule has 7 nitrogen and oxygen atoms in total. The third kappa shape index (κ3) is 3.51. The van der Waals surface area contributed by atoms with Crippen LogP contribution in [0.3, 0.4) is 0 Å². The van der Waals surface area contributed by atoms with E-state index in [0.29, 0.717) is 0 Å². The molecule has 0 atom stereocenters. The van der Waals surface area contributed by atoms with E-state index in [1.165, 1.54) is 0 Å². The van der Waals surface area contributed by atoms with Crippen molar-refractivity contribution in [3.05, 3.63) is 54.2 Å². The van der Waals surface area contributed by atoms with Gasteiger partial charge in [0.25, 0.3) is 0 Å². The number of pyridine rings is 1. The first-order valence-electron chi connectivity index (χ1n) is 8.41. The van der Waals surface area contributed by atoms with E-state index in [2.05, 4.69) is 30.1 Å². The molecule has 7 heteroatoms. The van der Waals surface area contributed by atoms with Gasteiger partial charge >= 0.3 is 0 Å². The number of rotatable bonds is 4. The molecule has 0 spiro atoms. The number of nitrogens with zero attached hydrogens (tertiary/aromatic N) is 6. The van der Waals surface area contributed by atoms with Crippen LogP contribution in [0.4, 0.5) is 5.82 Å². The molecule has 0 N–H and O–H groups in total. The zero-order valence-electron chi connectivity index (χ0n) is 14.2. The molecule has 128 valence electrons. The Balaban J connectivity index is 1.37. The second kappa shape index (κ2) is 6.98. The van der Waals surface area contributed by atoms with Gasteiger partial charge in [-0.1, -0.05) is 5.16 Å². The lowest BCUT2D eigenvalue weighted by Gasteiger charge is -2.35. The largest absolute Gasteiger partial charge is 0.361 e. The van der Waals surface area contributed by atoms with Crippen molar-refractivity contribution in [2.24, 2.45) is 0 Å². The van der Waals surface area contributed by atoms with Gasteiger partial charge in [-0.3, -0.25) is 9.88 Å². The second-order valence-corrected chi connectivity index (χ2v) is 6.18. The van der Waals surface area contributed by atoms with Crippen molar-refractivity contribution in [2.75, 3.05) is 31.1 Å². The van der Waals surface area contributed by atoms with Crippen LogP contribution < -0.4 is 4.90 Å². The molecular weight excluding hydrogens is 316 g/mol. The summed E-state index contributed by atoms with van der Waals surface area (Å²) in [4.78, 5) is 8.72. The zero-order valence-corrected chi connectivity index (χ0v) is 14.2. The highest BCUT2D eigenvalue weighted by molar-refractivity contribution is 5.58. The molecule has 4 rings (SSSR count). The van der Waals surface area contributed by atoms with Gasteiger partial charge in [0.05, 0.1) is 11.9 Å². The first-order valence-corrected chi connectivity index (χ1v) is 8.41. The first-order chi connectivity index (χ1) is 12.3. The minimum absolute atomic E-state index is 0.868. The molecule has 0 amide bonds. The van der Waals surface area contributed by atoms with Gasteiger partial charge in [0.15, 0.2) is 5.82 Å². The molecule has 0 saturated carbocycles. The number of anilines is 1. The highest BCUT2D eigenvalue weighted by Gasteiger charge is 2.19. The Labute approximate surface area is 146 Å². The molecule has 0 radical (unpaired) electrons. The predicted molar refractivity (Wildman–Crippen MR) is 94.0 cm³/mol. The summed E-state index contributed by atoms with van der Waals surface area (Å²) in [6, 6.07) is 7.94. The maximum Gasteiger partial charge on any atom is 0.151 e. The molecule has 1 aliphatic heterocycles. The normalized spacial score (nSPS) is 15.5. The van der Waals surface area contributed by atoms with Crippen molar-refractivity contribution in [3.8, 4) is 11.3 Å². The summed E-state index contributed by atoms with van der Waals surface area (Å²) in [6.45, 7) is 6.69.